The summed E-state index contributed by atoms with van der Waals surface area (Å²) in [5, 5.41) is 10.1. The summed E-state index contributed by atoms with van der Waals surface area (Å²) in [5.74, 6) is 0. The van der Waals surface area contributed by atoms with Crippen LogP contribution < -0.4 is 16.3 Å². The van der Waals surface area contributed by atoms with E-state index in [4.69, 9.17) is 0 Å². The molecule has 0 aliphatic rings. The maximum absolute atomic E-state index is 13.3. The molecule has 160 valence electrons. The summed E-state index contributed by atoms with van der Waals surface area (Å²) in [6, 6.07) is 25.2. The van der Waals surface area contributed by atoms with E-state index in [1.54, 1.807) is 19.1 Å². The van der Waals surface area contributed by atoms with Crippen LogP contribution in [0.15, 0.2) is 99.3 Å². The molecule has 0 aliphatic carbocycles. The summed E-state index contributed by atoms with van der Waals surface area (Å²) in [4.78, 5) is 25.7. The number of aromatic amines is 1. The van der Waals surface area contributed by atoms with Crippen molar-refractivity contribution in [1.29, 1.82) is 0 Å². The normalized spacial score (nSPS) is 11.2. The number of hydrogen-bond acceptors (Lipinski definition) is 3. The highest BCUT2D eigenvalue weighted by Gasteiger charge is 2.20. The number of urea groups is 1. The molecule has 0 aliphatic heterocycles. The van der Waals surface area contributed by atoms with E-state index in [2.05, 4.69) is 36.9 Å². The third kappa shape index (κ3) is 4.70. The molecule has 32 heavy (non-hydrogen) atoms. The number of nitrogens with zero attached hydrogens (tertiary/aromatic N) is 2. The molecule has 0 spiro atoms. The minimum absolute atomic E-state index is 0.266. The summed E-state index contributed by atoms with van der Waals surface area (Å²) in [5.41, 5.74) is 5.61. The van der Waals surface area contributed by atoms with Gasteiger partial charge < -0.3 is 5.32 Å². The highest BCUT2D eigenvalue weighted by molar-refractivity contribution is 9.10. The van der Waals surface area contributed by atoms with Crippen molar-refractivity contribution < 1.29 is 4.79 Å². The first-order chi connectivity index (χ1) is 15.5. The van der Waals surface area contributed by atoms with Gasteiger partial charge in [0, 0.05) is 21.4 Å². The third-order valence-corrected chi connectivity index (χ3v) is 5.21. The van der Waals surface area contributed by atoms with Crippen molar-refractivity contribution in [1.82, 2.24) is 15.2 Å². The van der Waals surface area contributed by atoms with E-state index in [1.165, 1.54) is 4.68 Å². The Bertz CT molecular complexity index is 1330. The van der Waals surface area contributed by atoms with E-state index in [-0.39, 0.29) is 5.56 Å². The van der Waals surface area contributed by atoms with E-state index in [0.29, 0.717) is 33.9 Å². The molecular weight excluding hydrogens is 470 g/mol. The number of rotatable bonds is 5. The predicted octanol–water partition coefficient (Wildman–Crippen LogP) is 4.81. The van der Waals surface area contributed by atoms with Crippen LogP contribution >= 0.6 is 15.9 Å². The van der Waals surface area contributed by atoms with Gasteiger partial charge >= 0.3 is 6.03 Å². The molecule has 2 amide bonds. The predicted molar refractivity (Wildman–Crippen MR) is 130 cm³/mol. The molecule has 0 bridgehead atoms. The molecule has 8 heteroatoms. The Balaban J connectivity index is 1.74. The molecule has 0 radical (unpaired) electrons. The standard InChI is InChI=1S/C24H20BrN5O2/c1-16-21(23(31)30(29-16)20-13-6-3-7-14-20)22(17-9-8-10-18(25)15-17)27-28-24(32)26-19-11-4-2-5-12-19/h2-15,29H,1H3,(H2,26,28,32)/b27-22-. The number of para-hydroxylation sites is 2. The van der Waals surface area contributed by atoms with Crippen LogP contribution in [0, 0.1) is 6.92 Å². The summed E-state index contributed by atoms with van der Waals surface area (Å²) in [7, 11) is 0. The van der Waals surface area contributed by atoms with E-state index in [1.807, 2.05) is 72.8 Å². The molecule has 0 unspecified atom stereocenters. The van der Waals surface area contributed by atoms with Crippen LogP contribution in [0.4, 0.5) is 10.5 Å². The van der Waals surface area contributed by atoms with Crippen molar-refractivity contribution in [3.05, 3.63) is 117 Å². The van der Waals surface area contributed by atoms with Crippen LogP contribution in [-0.4, -0.2) is 21.5 Å². The minimum Gasteiger partial charge on any atom is -0.307 e. The SMILES string of the molecule is Cc1[nH]n(-c2ccccc2)c(=O)c1/C(=N\NC(=O)Nc1ccccc1)c1cccc(Br)c1. The lowest BCUT2D eigenvalue weighted by atomic mass is 10.0. The minimum atomic E-state index is -0.514. The number of hydrazone groups is 1. The first-order valence-corrected chi connectivity index (χ1v) is 10.7. The summed E-state index contributed by atoms with van der Waals surface area (Å²) in [6.45, 7) is 1.80. The van der Waals surface area contributed by atoms with Gasteiger partial charge in [0.2, 0.25) is 0 Å². The Morgan fingerprint density at radius 2 is 1.66 bits per heavy atom. The van der Waals surface area contributed by atoms with E-state index in [9.17, 15) is 9.59 Å². The molecule has 0 fully saturated rings. The number of halogens is 1. The van der Waals surface area contributed by atoms with Gasteiger partial charge in [-0.15, -0.1) is 0 Å². The molecule has 0 saturated carbocycles. The average Bonchev–Trinajstić information content (AvgIpc) is 3.09. The topological polar surface area (TPSA) is 91.3 Å². The number of anilines is 1. The van der Waals surface area contributed by atoms with Crippen molar-refractivity contribution in [3.63, 3.8) is 0 Å². The molecular formula is C24H20BrN5O2. The van der Waals surface area contributed by atoms with Crippen LogP contribution in [0.5, 0.6) is 0 Å². The Morgan fingerprint density at radius 3 is 2.34 bits per heavy atom. The highest BCUT2D eigenvalue weighted by atomic mass is 79.9. The Morgan fingerprint density at radius 1 is 0.969 bits per heavy atom. The van der Waals surface area contributed by atoms with Crippen LogP contribution in [0.3, 0.4) is 0 Å². The largest absolute Gasteiger partial charge is 0.339 e. The number of H-pyrrole nitrogens is 1. The lowest BCUT2D eigenvalue weighted by molar-refractivity contribution is 0.252. The lowest BCUT2D eigenvalue weighted by Crippen LogP contribution is -2.28. The monoisotopic (exact) mass is 489 g/mol. The van der Waals surface area contributed by atoms with Gasteiger partial charge in [0.15, 0.2) is 0 Å². The maximum atomic E-state index is 13.3. The van der Waals surface area contributed by atoms with Gasteiger partial charge in [0.05, 0.1) is 11.3 Å². The highest BCUT2D eigenvalue weighted by Crippen LogP contribution is 2.17. The summed E-state index contributed by atoms with van der Waals surface area (Å²) >= 11 is 3.46. The van der Waals surface area contributed by atoms with Gasteiger partial charge in [-0.05, 0) is 43.3 Å². The smallest absolute Gasteiger partial charge is 0.307 e. The Hall–Kier alpha value is -3.91. The van der Waals surface area contributed by atoms with E-state index < -0.39 is 6.03 Å². The van der Waals surface area contributed by atoms with Gasteiger partial charge in [-0.3, -0.25) is 9.89 Å². The van der Waals surface area contributed by atoms with Crippen LogP contribution in [-0.2, 0) is 0 Å². The fourth-order valence-electron chi connectivity index (χ4n) is 3.27. The third-order valence-electron chi connectivity index (χ3n) is 4.72. The average molecular weight is 490 g/mol. The molecule has 0 atom stereocenters. The number of benzene rings is 3. The van der Waals surface area contributed by atoms with Crippen LogP contribution in [0.1, 0.15) is 16.8 Å². The second kappa shape index (κ2) is 9.49. The zero-order valence-corrected chi connectivity index (χ0v) is 18.8. The second-order valence-corrected chi connectivity index (χ2v) is 7.91. The van der Waals surface area contributed by atoms with Crippen molar-refractivity contribution >= 4 is 33.4 Å². The quantitative estimate of drug-likeness (QED) is 0.277. The number of aryl methyl sites for hydroxylation is 1. The molecule has 7 nitrogen and oxygen atoms in total. The molecule has 3 N–H and O–H groups in total. The number of aromatic nitrogens is 2. The van der Waals surface area contributed by atoms with Gasteiger partial charge in [0.25, 0.3) is 5.56 Å². The first kappa shape index (κ1) is 21.3. The van der Waals surface area contributed by atoms with Gasteiger partial charge in [-0.1, -0.05) is 64.5 Å². The van der Waals surface area contributed by atoms with Crippen molar-refractivity contribution in [3.8, 4) is 5.69 Å². The van der Waals surface area contributed by atoms with Crippen molar-refractivity contribution in [2.24, 2.45) is 5.10 Å². The molecule has 1 aromatic heterocycles. The first-order valence-electron chi connectivity index (χ1n) is 9.86. The molecule has 4 rings (SSSR count). The van der Waals surface area contributed by atoms with Gasteiger partial charge in [0.1, 0.15) is 5.71 Å². The number of carbonyl (C=O) groups is 1. The maximum Gasteiger partial charge on any atom is 0.339 e. The van der Waals surface area contributed by atoms with Gasteiger partial charge in [-0.25, -0.2) is 14.9 Å². The number of nitrogens with one attached hydrogen (secondary N) is 3. The molecule has 3 aromatic carbocycles. The summed E-state index contributed by atoms with van der Waals surface area (Å²) in [6.07, 6.45) is 0. The summed E-state index contributed by atoms with van der Waals surface area (Å²) < 4.78 is 2.29. The Kier molecular flexibility index (Phi) is 6.32. The van der Waals surface area contributed by atoms with Crippen molar-refractivity contribution in [2.45, 2.75) is 6.92 Å². The molecule has 1 heterocycles. The van der Waals surface area contributed by atoms with Gasteiger partial charge in [-0.2, -0.15) is 5.10 Å². The van der Waals surface area contributed by atoms with E-state index >= 15 is 0 Å². The van der Waals surface area contributed by atoms with Crippen LogP contribution in [0.2, 0.25) is 0 Å². The van der Waals surface area contributed by atoms with Crippen molar-refractivity contribution in [2.75, 3.05) is 5.32 Å². The zero-order chi connectivity index (χ0) is 22.5. The Labute approximate surface area is 192 Å². The fourth-order valence-corrected chi connectivity index (χ4v) is 3.67. The number of hydrogen-bond donors (Lipinski definition) is 3. The number of amides is 2. The van der Waals surface area contributed by atoms with E-state index in [0.717, 1.165) is 4.47 Å². The number of carbonyl (C=O) groups excluding carboxylic acids is 1. The lowest BCUT2D eigenvalue weighted by Gasteiger charge is -2.08. The zero-order valence-electron chi connectivity index (χ0n) is 17.2. The molecule has 0 saturated heterocycles. The van der Waals surface area contributed by atoms with Crippen LogP contribution in [0.25, 0.3) is 5.69 Å². The fraction of sp³-hybridized carbons (Fsp3) is 0.0417. The molecule has 4 aromatic rings. The second-order valence-electron chi connectivity index (χ2n) is 6.99.